The standard InChI is InChI=1S/C20H40N8O5/c1-11(2)15(19(32)33)28-18(31)14(8-6-10-25-20(23)24)27-17(30)13(7-4-5-9-21)26-16(29)12(3)22/h11-15H,4-10,21-22H2,1-3H3,(H,26,29)(H,27,30)(H,28,31)(H,32,33)(H4,23,24,25). The molecule has 0 aromatic rings. The minimum Gasteiger partial charge on any atom is -0.480 e. The molecule has 0 aromatic heterocycles. The number of carboxylic acid groups (broad SMARTS) is 1. The summed E-state index contributed by atoms with van der Waals surface area (Å²) in [6.07, 6.45) is 2.02. The first-order valence-corrected chi connectivity index (χ1v) is 11.1. The molecule has 0 heterocycles. The molecule has 0 aliphatic rings. The number of carbonyl (C=O) groups excluding carboxylic acids is 3. The fraction of sp³-hybridized carbons (Fsp3) is 0.750. The van der Waals surface area contributed by atoms with Crippen LogP contribution in [0.4, 0.5) is 0 Å². The third-order valence-electron chi connectivity index (χ3n) is 4.80. The van der Waals surface area contributed by atoms with Crippen LogP contribution in [-0.4, -0.2) is 72.0 Å². The molecular weight excluding hydrogens is 432 g/mol. The summed E-state index contributed by atoms with van der Waals surface area (Å²) < 4.78 is 0. The molecule has 0 radical (unpaired) electrons. The molecule has 0 saturated heterocycles. The molecule has 0 bridgehead atoms. The molecule has 4 unspecified atom stereocenters. The number of guanidine groups is 1. The van der Waals surface area contributed by atoms with Crippen LogP contribution < -0.4 is 38.9 Å². The number of carboxylic acids is 1. The third-order valence-corrected chi connectivity index (χ3v) is 4.80. The molecule has 0 aliphatic heterocycles. The molecule has 33 heavy (non-hydrogen) atoms. The van der Waals surface area contributed by atoms with E-state index in [1.807, 2.05) is 0 Å². The van der Waals surface area contributed by atoms with Crippen molar-refractivity contribution in [1.29, 1.82) is 0 Å². The topological polar surface area (TPSA) is 241 Å². The highest BCUT2D eigenvalue weighted by atomic mass is 16.4. The average molecular weight is 473 g/mol. The fourth-order valence-electron chi connectivity index (χ4n) is 2.88. The first-order chi connectivity index (χ1) is 15.4. The van der Waals surface area contributed by atoms with Crippen LogP contribution in [-0.2, 0) is 19.2 Å². The number of nitrogens with zero attached hydrogens (tertiary/aromatic N) is 1. The molecule has 13 nitrogen and oxygen atoms in total. The molecule has 0 aromatic carbocycles. The number of rotatable bonds is 16. The van der Waals surface area contributed by atoms with Gasteiger partial charge in [0, 0.05) is 6.54 Å². The average Bonchev–Trinajstić information content (AvgIpc) is 2.72. The van der Waals surface area contributed by atoms with Gasteiger partial charge >= 0.3 is 5.97 Å². The summed E-state index contributed by atoms with van der Waals surface area (Å²) in [5, 5.41) is 17.0. The lowest BCUT2D eigenvalue weighted by Gasteiger charge is -2.26. The van der Waals surface area contributed by atoms with Crippen LogP contribution in [0.1, 0.15) is 52.9 Å². The van der Waals surface area contributed by atoms with E-state index in [-0.39, 0.29) is 24.8 Å². The Kier molecular flexibility index (Phi) is 14.4. The van der Waals surface area contributed by atoms with Gasteiger partial charge in [0.05, 0.1) is 6.04 Å². The van der Waals surface area contributed by atoms with Gasteiger partial charge in [-0.15, -0.1) is 0 Å². The lowest BCUT2D eigenvalue weighted by molar-refractivity contribution is -0.143. The number of aliphatic carboxylic acids is 1. The van der Waals surface area contributed by atoms with Crippen LogP contribution in [0.3, 0.4) is 0 Å². The monoisotopic (exact) mass is 472 g/mol. The number of carbonyl (C=O) groups is 4. The van der Waals surface area contributed by atoms with E-state index in [9.17, 15) is 24.3 Å². The van der Waals surface area contributed by atoms with Gasteiger partial charge in [0.1, 0.15) is 18.1 Å². The highest BCUT2D eigenvalue weighted by Gasteiger charge is 2.30. The van der Waals surface area contributed by atoms with Crippen LogP contribution in [0.2, 0.25) is 0 Å². The van der Waals surface area contributed by atoms with Crippen molar-refractivity contribution in [2.75, 3.05) is 13.1 Å². The number of nitrogens with one attached hydrogen (secondary N) is 3. The smallest absolute Gasteiger partial charge is 0.326 e. The van der Waals surface area contributed by atoms with Crippen molar-refractivity contribution in [1.82, 2.24) is 16.0 Å². The Balaban J connectivity index is 5.51. The molecule has 0 rings (SSSR count). The SMILES string of the molecule is CC(N)C(=O)NC(CCCCN)C(=O)NC(CCCN=C(N)N)C(=O)NC(C(=O)O)C(C)C. The third kappa shape index (κ3) is 12.6. The summed E-state index contributed by atoms with van der Waals surface area (Å²) in [6.45, 7) is 5.44. The van der Waals surface area contributed by atoms with Gasteiger partial charge in [0.15, 0.2) is 5.96 Å². The van der Waals surface area contributed by atoms with Crippen molar-refractivity contribution >= 4 is 29.7 Å². The molecule has 0 spiro atoms. The zero-order valence-electron chi connectivity index (χ0n) is 19.7. The maximum absolute atomic E-state index is 12.9. The zero-order chi connectivity index (χ0) is 25.6. The number of nitrogens with two attached hydrogens (primary N) is 4. The number of aliphatic imine (C=N–C) groups is 1. The van der Waals surface area contributed by atoms with Gasteiger partial charge in [-0.1, -0.05) is 13.8 Å². The zero-order valence-corrected chi connectivity index (χ0v) is 19.7. The number of hydrogen-bond acceptors (Lipinski definition) is 7. The Morgan fingerprint density at radius 1 is 0.848 bits per heavy atom. The number of amides is 3. The van der Waals surface area contributed by atoms with Gasteiger partial charge in [-0.2, -0.15) is 0 Å². The summed E-state index contributed by atoms with van der Waals surface area (Å²) in [5.74, 6) is -3.42. The second-order valence-electron chi connectivity index (χ2n) is 8.21. The Labute approximate surface area is 194 Å². The maximum Gasteiger partial charge on any atom is 0.326 e. The second-order valence-corrected chi connectivity index (χ2v) is 8.21. The number of unbranched alkanes of at least 4 members (excludes halogenated alkanes) is 1. The molecule has 13 heteroatoms. The summed E-state index contributed by atoms with van der Waals surface area (Å²) in [4.78, 5) is 53.2. The molecular formula is C20H40N8O5. The van der Waals surface area contributed by atoms with Crippen molar-refractivity contribution in [3.05, 3.63) is 0 Å². The van der Waals surface area contributed by atoms with Crippen LogP contribution in [0, 0.1) is 5.92 Å². The first kappa shape index (κ1) is 30.1. The van der Waals surface area contributed by atoms with E-state index in [1.165, 1.54) is 6.92 Å². The molecule has 0 aliphatic carbocycles. The second kappa shape index (κ2) is 15.8. The van der Waals surface area contributed by atoms with E-state index >= 15 is 0 Å². The summed E-state index contributed by atoms with van der Waals surface area (Å²) >= 11 is 0. The largest absolute Gasteiger partial charge is 0.480 e. The Morgan fingerprint density at radius 2 is 1.36 bits per heavy atom. The van der Waals surface area contributed by atoms with Crippen LogP contribution in [0.25, 0.3) is 0 Å². The van der Waals surface area contributed by atoms with E-state index in [4.69, 9.17) is 22.9 Å². The van der Waals surface area contributed by atoms with Crippen molar-refractivity contribution in [3.63, 3.8) is 0 Å². The maximum atomic E-state index is 12.9. The normalized spacial score (nSPS) is 14.5. The predicted octanol–water partition coefficient (Wildman–Crippen LogP) is -2.29. The molecule has 3 amide bonds. The Morgan fingerprint density at radius 3 is 1.82 bits per heavy atom. The molecule has 190 valence electrons. The first-order valence-electron chi connectivity index (χ1n) is 11.1. The lowest BCUT2D eigenvalue weighted by atomic mass is 10.0. The van der Waals surface area contributed by atoms with Crippen molar-refractivity contribution < 1.29 is 24.3 Å². The molecule has 4 atom stereocenters. The molecule has 0 fully saturated rings. The van der Waals surface area contributed by atoms with Crippen molar-refractivity contribution in [2.45, 2.75) is 77.0 Å². The van der Waals surface area contributed by atoms with E-state index in [2.05, 4.69) is 20.9 Å². The molecule has 12 N–H and O–H groups in total. The Bertz CT molecular complexity index is 679. The fourth-order valence-corrected chi connectivity index (χ4v) is 2.88. The predicted molar refractivity (Wildman–Crippen MR) is 125 cm³/mol. The highest BCUT2D eigenvalue weighted by Crippen LogP contribution is 2.07. The van der Waals surface area contributed by atoms with E-state index in [1.54, 1.807) is 13.8 Å². The quantitative estimate of drug-likeness (QED) is 0.0683. The minimum absolute atomic E-state index is 0.107. The lowest BCUT2D eigenvalue weighted by Crippen LogP contribution is -2.57. The number of hydrogen-bond donors (Lipinski definition) is 8. The van der Waals surface area contributed by atoms with Crippen molar-refractivity contribution in [3.8, 4) is 0 Å². The van der Waals surface area contributed by atoms with Gasteiger partial charge in [-0.25, -0.2) is 4.79 Å². The van der Waals surface area contributed by atoms with Gasteiger partial charge in [-0.05, 0) is 51.5 Å². The van der Waals surface area contributed by atoms with E-state index < -0.39 is 47.9 Å². The van der Waals surface area contributed by atoms with Crippen LogP contribution in [0.5, 0.6) is 0 Å². The van der Waals surface area contributed by atoms with Crippen LogP contribution >= 0.6 is 0 Å². The van der Waals surface area contributed by atoms with E-state index in [0.29, 0.717) is 32.2 Å². The summed E-state index contributed by atoms with van der Waals surface area (Å²) in [7, 11) is 0. The van der Waals surface area contributed by atoms with E-state index in [0.717, 1.165) is 0 Å². The van der Waals surface area contributed by atoms with Crippen LogP contribution in [0.15, 0.2) is 4.99 Å². The summed E-state index contributed by atoms with van der Waals surface area (Å²) in [5.41, 5.74) is 21.7. The van der Waals surface area contributed by atoms with Gasteiger partial charge in [-0.3, -0.25) is 19.4 Å². The summed E-state index contributed by atoms with van der Waals surface area (Å²) in [6, 6.07) is -3.94. The van der Waals surface area contributed by atoms with Gasteiger partial charge < -0.3 is 44.0 Å². The van der Waals surface area contributed by atoms with Gasteiger partial charge in [0.2, 0.25) is 17.7 Å². The van der Waals surface area contributed by atoms with Crippen molar-refractivity contribution in [2.24, 2.45) is 33.8 Å². The minimum atomic E-state index is -1.19. The highest BCUT2D eigenvalue weighted by molar-refractivity contribution is 5.94. The molecule has 0 saturated carbocycles. The Hall–Kier alpha value is -2.93. The van der Waals surface area contributed by atoms with Gasteiger partial charge in [0.25, 0.3) is 0 Å².